The van der Waals surface area contributed by atoms with E-state index in [1.807, 2.05) is 33.8 Å². The van der Waals surface area contributed by atoms with E-state index in [0.29, 0.717) is 37.4 Å². The van der Waals surface area contributed by atoms with E-state index in [0.717, 1.165) is 11.4 Å². The van der Waals surface area contributed by atoms with E-state index in [4.69, 9.17) is 5.73 Å². The van der Waals surface area contributed by atoms with Crippen molar-refractivity contribution in [1.82, 2.24) is 24.4 Å². The molecule has 8 heteroatoms. The minimum Gasteiger partial charge on any atom is -0.341 e. The van der Waals surface area contributed by atoms with Crippen molar-refractivity contribution in [1.29, 1.82) is 0 Å². The molecule has 2 aromatic rings. The zero-order valence-electron chi connectivity index (χ0n) is 15.8. The lowest BCUT2D eigenvalue weighted by atomic mass is 10.1. The Balaban J connectivity index is 1.93. The van der Waals surface area contributed by atoms with E-state index in [-0.39, 0.29) is 17.9 Å². The van der Waals surface area contributed by atoms with Gasteiger partial charge in [-0.25, -0.2) is 9.50 Å². The standard InChI is InChI=1S/C18H26N6O2/c1-5-22(6-2)18(26)15-9-13(19)10-23(15)17(25)14-8-12(4)24-16(20-14)7-11(3)21-24/h7-8,13,15H,5-6,9-10,19H2,1-4H3/t13-,15-/m0/s1. The first-order chi connectivity index (χ1) is 12.3. The van der Waals surface area contributed by atoms with Gasteiger partial charge < -0.3 is 15.5 Å². The van der Waals surface area contributed by atoms with Gasteiger partial charge in [-0.1, -0.05) is 0 Å². The van der Waals surface area contributed by atoms with Crippen LogP contribution in [0.25, 0.3) is 5.65 Å². The minimum absolute atomic E-state index is 0.0469. The van der Waals surface area contributed by atoms with E-state index < -0.39 is 6.04 Å². The highest BCUT2D eigenvalue weighted by atomic mass is 16.2. The van der Waals surface area contributed by atoms with Gasteiger partial charge in [-0.15, -0.1) is 0 Å². The molecule has 3 rings (SSSR count). The average Bonchev–Trinajstić information content (AvgIpc) is 3.17. The fourth-order valence-corrected chi connectivity index (χ4v) is 3.57. The molecule has 8 nitrogen and oxygen atoms in total. The van der Waals surface area contributed by atoms with Gasteiger partial charge in [0.25, 0.3) is 5.91 Å². The fourth-order valence-electron chi connectivity index (χ4n) is 3.57. The molecular formula is C18H26N6O2. The summed E-state index contributed by atoms with van der Waals surface area (Å²) in [6.45, 7) is 9.22. The normalized spacial score (nSPS) is 20.0. The van der Waals surface area contributed by atoms with Gasteiger partial charge in [0.2, 0.25) is 5.91 Å². The van der Waals surface area contributed by atoms with Crippen LogP contribution < -0.4 is 5.73 Å². The quantitative estimate of drug-likeness (QED) is 0.870. The number of carbonyl (C=O) groups excluding carboxylic acids is 2. The molecule has 3 heterocycles. The van der Waals surface area contributed by atoms with Crippen LogP contribution in [0.5, 0.6) is 0 Å². The molecule has 2 aromatic heterocycles. The Morgan fingerprint density at radius 1 is 1.27 bits per heavy atom. The molecule has 0 radical (unpaired) electrons. The van der Waals surface area contributed by atoms with Gasteiger partial charge in [-0.05, 0) is 40.2 Å². The summed E-state index contributed by atoms with van der Waals surface area (Å²) in [5.74, 6) is -0.304. The summed E-state index contributed by atoms with van der Waals surface area (Å²) in [6, 6.07) is 2.82. The number of nitrogens with zero attached hydrogens (tertiary/aromatic N) is 5. The fraction of sp³-hybridized carbons (Fsp3) is 0.556. The zero-order valence-corrected chi connectivity index (χ0v) is 15.8. The summed E-state index contributed by atoms with van der Waals surface area (Å²) in [5.41, 5.74) is 8.68. The third kappa shape index (κ3) is 3.16. The van der Waals surface area contributed by atoms with Gasteiger partial charge in [-0.2, -0.15) is 5.10 Å². The van der Waals surface area contributed by atoms with Crippen molar-refractivity contribution < 1.29 is 9.59 Å². The highest BCUT2D eigenvalue weighted by molar-refractivity contribution is 5.97. The predicted octanol–water partition coefficient (Wildman–Crippen LogP) is 0.756. The average molecular weight is 358 g/mol. The van der Waals surface area contributed by atoms with Gasteiger partial charge in [-0.3, -0.25) is 9.59 Å². The summed E-state index contributed by atoms with van der Waals surface area (Å²) >= 11 is 0. The molecule has 0 aliphatic carbocycles. The molecule has 1 aliphatic rings. The molecule has 1 aliphatic heterocycles. The molecule has 0 aromatic carbocycles. The number of hydrogen-bond acceptors (Lipinski definition) is 5. The summed E-state index contributed by atoms with van der Waals surface area (Å²) in [7, 11) is 0. The SMILES string of the molecule is CCN(CC)C(=O)[C@@H]1C[C@H](N)CN1C(=O)c1cc(C)n2nc(C)cc2n1. The third-order valence-electron chi connectivity index (χ3n) is 4.90. The molecule has 0 unspecified atom stereocenters. The van der Waals surface area contributed by atoms with Crippen molar-refractivity contribution in [3.8, 4) is 0 Å². The number of amides is 2. The van der Waals surface area contributed by atoms with Gasteiger partial charge in [0, 0.05) is 37.4 Å². The number of fused-ring (bicyclic) bond motifs is 1. The lowest BCUT2D eigenvalue weighted by Gasteiger charge is -2.28. The summed E-state index contributed by atoms with van der Waals surface area (Å²) in [6.07, 6.45) is 0.480. The second kappa shape index (κ2) is 7.03. The minimum atomic E-state index is -0.526. The Kier molecular flexibility index (Phi) is 4.95. The van der Waals surface area contributed by atoms with Gasteiger partial charge in [0.1, 0.15) is 11.7 Å². The Labute approximate surface area is 153 Å². The van der Waals surface area contributed by atoms with Crippen molar-refractivity contribution in [2.24, 2.45) is 5.73 Å². The summed E-state index contributed by atoms with van der Waals surface area (Å²) < 4.78 is 1.71. The van der Waals surface area contributed by atoms with Crippen molar-refractivity contribution in [3.63, 3.8) is 0 Å². The number of aryl methyl sites for hydroxylation is 2. The first-order valence-electron chi connectivity index (χ1n) is 9.05. The Morgan fingerprint density at radius 2 is 1.96 bits per heavy atom. The Bertz CT molecular complexity index is 842. The molecule has 1 saturated heterocycles. The van der Waals surface area contributed by atoms with E-state index in [1.165, 1.54) is 0 Å². The van der Waals surface area contributed by atoms with Crippen LogP contribution in [0, 0.1) is 13.8 Å². The smallest absolute Gasteiger partial charge is 0.273 e. The highest BCUT2D eigenvalue weighted by Crippen LogP contribution is 2.22. The van der Waals surface area contributed by atoms with Crippen molar-refractivity contribution in [3.05, 3.63) is 29.2 Å². The van der Waals surface area contributed by atoms with E-state index in [2.05, 4.69) is 10.1 Å². The molecule has 0 saturated carbocycles. The Hall–Kier alpha value is -2.48. The number of likely N-dealkylation sites (tertiary alicyclic amines) is 1. The largest absolute Gasteiger partial charge is 0.341 e. The first-order valence-corrected chi connectivity index (χ1v) is 9.05. The van der Waals surface area contributed by atoms with Crippen LogP contribution in [-0.2, 0) is 4.79 Å². The first kappa shape index (κ1) is 18.3. The molecule has 2 amide bonds. The molecule has 0 bridgehead atoms. The predicted molar refractivity (Wildman–Crippen MR) is 97.8 cm³/mol. The number of hydrogen-bond donors (Lipinski definition) is 1. The zero-order chi connectivity index (χ0) is 19.0. The lowest BCUT2D eigenvalue weighted by molar-refractivity contribution is -0.134. The summed E-state index contributed by atoms with van der Waals surface area (Å²) in [4.78, 5) is 33.7. The van der Waals surface area contributed by atoms with Gasteiger partial charge >= 0.3 is 0 Å². The maximum absolute atomic E-state index is 13.1. The van der Waals surface area contributed by atoms with Crippen LogP contribution in [0.2, 0.25) is 0 Å². The number of carbonyl (C=O) groups is 2. The van der Waals surface area contributed by atoms with E-state index in [1.54, 1.807) is 20.4 Å². The number of likely N-dealkylation sites (N-methyl/N-ethyl adjacent to an activating group) is 1. The summed E-state index contributed by atoms with van der Waals surface area (Å²) in [5, 5.41) is 4.36. The van der Waals surface area contributed by atoms with Crippen molar-refractivity contribution in [2.45, 2.75) is 46.2 Å². The molecular weight excluding hydrogens is 332 g/mol. The van der Waals surface area contributed by atoms with Gasteiger partial charge in [0.15, 0.2) is 5.65 Å². The molecule has 1 fully saturated rings. The van der Waals surface area contributed by atoms with Gasteiger partial charge in [0.05, 0.1) is 5.69 Å². The molecule has 26 heavy (non-hydrogen) atoms. The van der Waals surface area contributed by atoms with Crippen LogP contribution >= 0.6 is 0 Å². The molecule has 0 spiro atoms. The number of rotatable bonds is 4. The highest BCUT2D eigenvalue weighted by Gasteiger charge is 2.40. The van der Waals surface area contributed by atoms with Crippen LogP contribution in [0.15, 0.2) is 12.1 Å². The van der Waals surface area contributed by atoms with E-state index in [9.17, 15) is 9.59 Å². The second-order valence-corrected chi connectivity index (χ2v) is 6.82. The van der Waals surface area contributed by atoms with Crippen LogP contribution in [0.3, 0.4) is 0 Å². The lowest BCUT2D eigenvalue weighted by Crippen LogP contribution is -2.48. The number of aromatic nitrogens is 3. The number of nitrogens with two attached hydrogens (primary N) is 1. The van der Waals surface area contributed by atoms with Crippen LogP contribution in [0.1, 0.15) is 42.1 Å². The maximum Gasteiger partial charge on any atom is 0.273 e. The van der Waals surface area contributed by atoms with E-state index >= 15 is 0 Å². The van der Waals surface area contributed by atoms with Crippen molar-refractivity contribution >= 4 is 17.5 Å². The van der Waals surface area contributed by atoms with Crippen LogP contribution in [-0.4, -0.2) is 67.9 Å². The monoisotopic (exact) mass is 358 g/mol. The third-order valence-corrected chi connectivity index (χ3v) is 4.90. The molecule has 140 valence electrons. The second-order valence-electron chi connectivity index (χ2n) is 6.82. The van der Waals surface area contributed by atoms with Crippen molar-refractivity contribution in [2.75, 3.05) is 19.6 Å². The topological polar surface area (TPSA) is 96.8 Å². The Morgan fingerprint density at radius 3 is 2.62 bits per heavy atom. The van der Waals surface area contributed by atoms with Crippen LogP contribution in [0.4, 0.5) is 0 Å². The maximum atomic E-state index is 13.1. The molecule has 2 N–H and O–H groups in total. The molecule has 2 atom stereocenters.